The van der Waals surface area contributed by atoms with Gasteiger partial charge in [-0.3, -0.25) is 14.8 Å². The van der Waals surface area contributed by atoms with E-state index in [1.54, 1.807) is 18.3 Å². The predicted molar refractivity (Wildman–Crippen MR) is 143 cm³/mol. The number of aryl methyl sites for hydroxylation is 2. The fourth-order valence-corrected chi connectivity index (χ4v) is 3.54. The van der Waals surface area contributed by atoms with E-state index in [9.17, 15) is 9.18 Å². The maximum absolute atomic E-state index is 12.2. The van der Waals surface area contributed by atoms with Crippen molar-refractivity contribution in [3.05, 3.63) is 107 Å². The van der Waals surface area contributed by atoms with Gasteiger partial charge in [0, 0.05) is 50.2 Å². The highest BCUT2D eigenvalue weighted by atomic mass is 19.1. The number of nitrogens with one attached hydrogen (secondary N) is 2. The van der Waals surface area contributed by atoms with Crippen LogP contribution in [-0.2, 0) is 12.8 Å². The third kappa shape index (κ3) is 8.91. The van der Waals surface area contributed by atoms with Crippen LogP contribution in [0.1, 0.15) is 52.3 Å². The number of hydrogen-bond acceptors (Lipinski definition) is 5. The lowest BCUT2D eigenvalue weighted by atomic mass is 9.94. The Morgan fingerprint density at radius 1 is 1.11 bits per heavy atom. The molecule has 0 unspecified atom stereocenters. The predicted octanol–water partition coefficient (Wildman–Crippen LogP) is 5.41. The highest BCUT2D eigenvalue weighted by molar-refractivity contribution is 5.86. The van der Waals surface area contributed by atoms with Gasteiger partial charge in [0.1, 0.15) is 11.5 Å². The minimum absolute atomic E-state index is 0.160. The number of nitrogens with zero attached hydrogens (tertiary/aromatic N) is 2. The van der Waals surface area contributed by atoms with Crippen molar-refractivity contribution < 1.29 is 9.18 Å². The van der Waals surface area contributed by atoms with Crippen LogP contribution in [0.4, 0.5) is 4.39 Å². The van der Waals surface area contributed by atoms with Crippen molar-refractivity contribution in [2.45, 2.75) is 33.6 Å². The molecule has 0 saturated carbocycles. The minimum atomic E-state index is -0.160. The van der Waals surface area contributed by atoms with Crippen LogP contribution in [0.15, 0.2) is 67.1 Å². The summed E-state index contributed by atoms with van der Waals surface area (Å²) in [6, 6.07) is 12.5. The van der Waals surface area contributed by atoms with Gasteiger partial charge in [-0.25, -0.2) is 4.39 Å². The molecule has 0 aliphatic heterocycles. The van der Waals surface area contributed by atoms with Crippen molar-refractivity contribution in [1.29, 1.82) is 0 Å². The SMILES string of the molecule is C/C=C(/CNCCc1ccccn1)c1c(C)cnc(C=O)c1/C=C\NC.CCc1ccc(F)cc1. The number of carbonyl (C=O) groups is 1. The molecule has 0 atom stereocenters. The minimum Gasteiger partial charge on any atom is -0.394 e. The van der Waals surface area contributed by atoms with Crippen molar-refractivity contribution in [1.82, 2.24) is 20.6 Å². The molecule has 3 rings (SSSR count). The molecule has 0 spiro atoms. The fraction of sp³-hybridized carbons (Fsp3) is 0.276. The molecular formula is C29H35FN4O. The Labute approximate surface area is 208 Å². The van der Waals surface area contributed by atoms with Crippen molar-refractivity contribution in [2.75, 3.05) is 20.1 Å². The number of hydrogen-bond donors (Lipinski definition) is 2. The molecule has 1 aromatic carbocycles. The number of pyridine rings is 2. The Balaban J connectivity index is 0.000000402. The second kappa shape index (κ2) is 15.3. The lowest BCUT2D eigenvalue weighted by molar-refractivity contribution is 0.111. The first-order chi connectivity index (χ1) is 17.0. The van der Waals surface area contributed by atoms with E-state index in [4.69, 9.17) is 0 Å². The lowest BCUT2D eigenvalue weighted by Crippen LogP contribution is -2.21. The summed E-state index contributed by atoms with van der Waals surface area (Å²) in [6.45, 7) is 7.63. The Morgan fingerprint density at radius 3 is 2.49 bits per heavy atom. The molecule has 35 heavy (non-hydrogen) atoms. The number of allylic oxidation sites excluding steroid dienone is 1. The first-order valence-electron chi connectivity index (χ1n) is 11.8. The van der Waals surface area contributed by atoms with E-state index >= 15 is 0 Å². The molecule has 0 fully saturated rings. The van der Waals surface area contributed by atoms with Gasteiger partial charge in [0.25, 0.3) is 0 Å². The van der Waals surface area contributed by atoms with Gasteiger partial charge in [-0.1, -0.05) is 31.2 Å². The van der Waals surface area contributed by atoms with Crippen LogP contribution in [0.25, 0.3) is 11.6 Å². The average Bonchev–Trinajstić information content (AvgIpc) is 2.89. The molecule has 2 heterocycles. The number of carbonyl (C=O) groups excluding carboxylic acids is 1. The number of aldehydes is 1. The van der Waals surface area contributed by atoms with E-state index in [1.807, 2.05) is 64.5 Å². The molecule has 184 valence electrons. The Bertz CT molecular complexity index is 1110. The molecule has 0 radical (unpaired) electrons. The van der Waals surface area contributed by atoms with Crippen LogP contribution in [0.5, 0.6) is 0 Å². The maximum atomic E-state index is 12.2. The van der Waals surface area contributed by atoms with Gasteiger partial charge in [0.2, 0.25) is 0 Å². The van der Waals surface area contributed by atoms with Crippen molar-refractivity contribution in [3.63, 3.8) is 0 Å². The molecule has 0 amide bonds. The first-order valence-corrected chi connectivity index (χ1v) is 11.8. The number of benzene rings is 1. The lowest BCUT2D eigenvalue weighted by Gasteiger charge is -2.16. The summed E-state index contributed by atoms with van der Waals surface area (Å²) >= 11 is 0. The van der Waals surface area contributed by atoms with Crippen LogP contribution >= 0.6 is 0 Å². The number of aromatic nitrogens is 2. The van der Waals surface area contributed by atoms with Gasteiger partial charge in [-0.05, 0) is 79.1 Å². The molecule has 0 bridgehead atoms. The third-order valence-electron chi connectivity index (χ3n) is 5.46. The van der Waals surface area contributed by atoms with Gasteiger partial charge in [-0.2, -0.15) is 0 Å². The molecular weight excluding hydrogens is 439 g/mol. The molecule has 0 aliphatic rings. The molecule has 5 nitrogen and oxygen atoms in total. The zero-order valence-corrected chi connectivity index (χ0v) is 21.0. The second-order valence-electron chi connectivity index (χ2n) is 7.90. The largest absolute Gasteiger partial charge is 0.394 e. The summed E-state index contributed by atoms with van der Waals surface area (Å²) in [6.07, 6.45) is 12.0. The Hall–Kier alpha value is -3.64. The van der Waals surface area contributed by atoms with Crippen molar-refractivity contribution in [3.8, 4) is 0 Å². The first kappa shape index (κ1) is 27.6. The zero-order valence-electron chi connectivity index (χ0n) is 21.0. The highest BCUT2D eigenvalue weighted by Gasteiger charge is 2.14. The van der Waals surface area contributed by atoms with E-state index in [1.165, 1.54) is 17.7 Å². The summed E-state index contributed by atoms with van der Waals surface area (Å²) in [5.74, 6) is -0.160. The molecule has 6 heteroatoms. The van der Waals surface area contributed by atoms with Crippen molar-refractivity contribution in [2.24, 2.45) is 0 Å². The summed E-state index contributed by atoms with van der Waals surface area (Å²) in [4.78, 5) is 20.0. The van der Waals surface area contributed by atoms with Crippen LogP contribution in [-0.4, -0.2) is 36.4 Å². The van der Waals surface area contributed by atoms with Gasteiger partial charge in [0.15, 0.2) is 6.29 Å². The van der Waals surface area contributed by atoms with Crippen LogP contribution in [0, 0.1) is 12.7 Å². The van der Waals surface area contributed by atoms with Gasteiger partial charge >= 0.3 is 0 Å². The van der Waals surface area contributed by atoms with E-state index in [2.05, 4.69) is 26.7 Å². The van der Waals surface area contributed by atoms with Gasteiger partial charge in [0.05, 0.1) is 0 Å². The Morgan fingerprint density at radius 2 is 1.89 bits per heavy atom. The topological polar surface area (TPSA) is 66.9 Å². The highest BCUT2D eigenvalue weighted by Crippen LogP contribution is 2.25. The average molecular weight is 475 g/mol. The molecule has 2 aromatic heterocycles. The quantitative estimate of drug-likeness (QED) is 0.304. The smallest absolute Gasteiger partial charge is 0.169 e. The number of halogens is 1. The Kier molecular flexibility index (Phi) is 12.1. The second-order valence-corrected chi connectivity index (χ2v) is 7.90. The fourth-order valence-electron chi connectivity index (χ4n) is 3.54. The summed E-state index contributed by atoms with van der Waals surface area (Å²) in [5, 5.41) is 6.45. The van der Waals surface area contributed by atoms with E-state index in [0.29, 0.717) is 12.2 Å². The maximum Gasteiger partial charge on any atom is 0.169 e. The van der Waals surface area contributed by atoms with Crippen molar-refractivity contribution >= 4 is 17.9 Å². The summed E-state index contributed by atoms with van der Waals surface area (Å²) in [7, 11) is 1.83. The summed E-state index contributed by atoms with van der Waals surface area (Å²) in [5.41, 5.74) is 6.79. The normalized spacial score (nSPS) is 11.2. The van der Waals surface area contributed by atoms with E-state index in [-0.39, 0.29) is 5.82 Å². The van der Waals surface area contributed by atoms with Gasteiger partial charge in [-0.15, -0.1) is 0 Å². The van der Waals surface area contributed by atoms with Gasteiger partial charge < -0.3 is 10.6 Å². The third-order valence-corrected chi connectivity index (χ3v) is 5.46. The summed E-state index contributed by atoms with van der Waals surface area (Å²) < 4.78 is 12.2. The standard InChI is InChI=1S/C21H26N4O.C8H9F/c1-4-17(14-23-12-8-18-7-5-6-10-24-18)21-16(2)13-25-20(15-26)19(21)9-11-22-3;1-2-7-3-5-8(9)6-4-7/h4-7,9-11,13,15,22-23H,8,12,14H2,1-3H3;3-6H,2H2,1H3/b11-9-,17-4-;. The van der Waals surface area contributed by atoms with Crippen LogP contribution in [0.2, 0.25) is 0 Å². The van der Waals surface area contributed by atoms with Crippen LogP contribution < -0.4 is 10.6 Å². The molecule has 2 N–H and O–H groups in total. The zero-order chi connectivity index (χ0) is 25.5. The molecule has 3 aromatic rings. The van der Waals surface area contributed by atoms with E-state index in [0.717, 1.165) is 53.6 Å². The molecule has 0 saturated heterocycles. The van der Waals surface area contributed by atoms with E-state index < -0.39 is 0 Å². The monoisotopic (exact) mass is 474 g/mol. The number of rotatable bonds is 10. The molecule has 0 aliphatic carbocycles. The van der Waals surface area contributed by atoms with Crippen LogP contribution in [0.3, 0.4) is 0 Å².